The predicted octanol–water partition coefficient (Wildman–Crippen LogP) is 8.85. The molecule has 0 saturated carbocycles. The van der Waals surface area contributed by atoms with Gasteiger partial charge in [0.25, 0.3) is 0 Å². The van der Waals surface area contributed by atoms with Gasteiger partial charge < -0.3 is 18.6 Å². The third kappa shape index (κ3) is 10.1. The number of ether oxygens (including phenoxy) is 3. The maximum absolute atomic E-state index is 12.6. The molecule has 0 aliphatic carbocycles. The number of carbonyl (C=O) groups is 1. The summed E-state index contributed by atoms with van der Waals surface area (Å²) in [4.78, 5) is 17.3. The Bertz CT molecular complexity index is 1440. The van der Waals surface area contributed by atoms with Crippen LogP contribution in [0.4, 0.5) is 0 Å². The monoisotopic (exact) mass is 583 g/mol. The Hall–Kier alpha value is -3.90. The average Bonchev–Trinajstić information content (AvgIpc) is 3.34. The van der Waals surface area contributed by atoms with Crippen molar-refractivity contribution in [2.75, 3.05) is 6.61 Å². The highest BCUT2D eigenvalue weighted by Crippen LogP contribution is 2.33. The van der Waals surface area contributed by atoms with E-state index in [2.05, 4.69) is 38.1 Å². The highest BCUT2D eigenvalue weighted by Gasteiger charge is 2.22. The minimum absolute atomic E-state index is 0.149. The fourth-order valence-corrected chi connectivity index (χ4v) is 4.93. The smallest absolute Gasteiger partial charge is 0.306 e. The van der Waals surface area contributed by atoms with Crippen molar-refractivity contribution in [1.82, 2.24) is 4.98 Å². The van der Waals surface area contributed by atoms with Crippen LogP contribution in [0.5, 0.6) is 5.75 Å². The van der Waals surface area contributed by atoms with E-state index in [4.69, 9.17) is 23.6 Å². The number of hydrogen-bond donors (Lipinski definition) is 0. The highest BCUT2D eigenvalue weighted by atomic mass is 16.6. The Kier molecular flexibility index (Phi) is 11.2. The fraction of sp³-hybridized carbons (Fsp3) is 0.405. The van der Waals surface area contributed by atoms with Gasteiger partial charge in [0.05, 0.1) is 25.0 Å². The summed E-state index contributed by atoms with van der Waals surface area (Å²) in [6.07, 6.45) is 2.18. The van der Waals surface area contributed by atoms with Crippen LogP contribution in [-0.4, -0.2) is 23.2 Å². The quantitative estimate of drug-likeness (QED) is 0.138. The average molecular weight is 584 g/mol. The topological polar surface area (TPSA) is 70.8 Å². The second kappa shape index (κ2) is 15.0. The van der Waals surface area contributed by atoms with Crippen LogP contribution >= 0.6 is 0 Å². The molecule has 1 atom stereocenters. The molecule has 6 nitrogen and oxygen atoms in total. The Labute approximate surface area is 256 Å². The molecule has 0 aliphatic heterocycles. The molecule has 0 saturated heterocycles. The first kappa shape index (κ1) is 32.0. The number of carbonyl (C=O) groups excluding carboxylic acids is 1. The number of nitrogens with zero attached hydrogens (tertiary/aromatic N) is 1. The molecule has 0 spiro atoms. The summed E-state index contributed by atoms with van der Waals surface area (Å²) in [7, 11) is 0. The third-order valence-corrected chi connectivity index (χ3v) is 6.98. The first-order chi connectivity index (χ1) is 20.6. The van der Waals surface area contributed by atoms with Gasteiger partial charge in [-0.25, -0.2) is 4.98 Å². The minimum Gasteiger partial charge on any atom is -0.493 e. The number of aromatic nitrogens is 1. The van der Waals surface area contributed by atoms with Crippen LogP contribution < -0.4 is 4.74 Å². The molecule has 0 bridgehead atoms. The van der Waals surface area contributed by atoms with Gasteiger partial charge in [-0.15, -0.1) is 0 Å². The van der Waals surface area contributed by atoms with Gasteiger partial charge in [-0.1, -0.05) is 68.4 Å². The van der Waals surface area contributed by atoms with Gasteiger partial charge in [0.1, 0.15) is 17.1 Å². The second-order valence-electron chi connectivity index (χ2n) is 12.3. The molecule has 3 aromatic carbocycles. The SMILES string of the molecule is Cc1oc(-c2ccccc2)nc1CCOc1ccc(CCC(=O)OC(C)(C)C)c(C(CC(C)C)OCc2ccccc2)c1. The third-order valence-electron chi connectivity index (χ3n) is 6.98. The standard InChI is InChI=1S/C37H45NO5/c1-26(2)23-34(41-25-28-13-9-7-10-14-28)32-24-31(19-17-29(32)18-20-35(39)43-37(4,5)6)40-22-21-33-27(3)42-36(38-33)30-15-11-8-12-16-30/h7-17,19,24,26,34H,18,20-23,25H2,1-6H3. The van der Waals surface area contributed by atoms with Crippen LogP contribution in [0.1, 0.15) is 81.7 Å². The molecule has 228 valence electrons. The van der Waals surface area contributed by atoms with Crippen LogP contribution in [0, 0.1) is 12.8 Å². The van der Waals surface area contributed by atoms with Gasteiger partial charge in [-0.05, 0) is 87.4 Å². The van der Waals surface area contributed by atoms with Crippen molar-refractivity contribution in [3.63, 3.8) is 0 Å². The zero-order chi connectivity index (χ0) is 30.8. The van der Waals surface area contributed by atoms with E-state index in [1.54, 1.807) is 0 Å². The van der Waals surface area contributed by atoms with Crippen LogP contribution in [0.3, 0.4) is 0 Å². The second-order valence-corrected chi connectivity index (χ2v) is 12.3. The largest absolute Gasteiger partial charge is 0.493 e. The summed E-state index contributed by atoms with van der Waals surface area (Å²) >= 11 is 0. The lowest BCUT2D eigenvalue weighted by atomic mass is 9.93. The van der Waals surface area contributed by atoms with E-state index in [-0.39, 0.29) is 12.1 Å². The molecule has 0 radical (unpaired) electrons. The summed E-state index contributed by atoms with van der Waals surface area (Å²) in [5.74, 6) is 2.39. The number of hydrogen-bond acceptors (Lipinski definition) is 6. The van der Waals surface area contributed by atoms with Crippen molar-refractivity contribution < 1.29 is 23.4 Å². The van der Waals surface area contributed by atoms with Crippen molar-refractivity contribution in [3.05, 3.63) is 107 Å². The van der Waals surface area contributed by atoms with Gasteiger partial charge in [-0.3, -0.25) is 4.79 Å². The molecule has 1 aromatic heterocycles. The Balaban J connectivity index is 1.51. The molecule has 0 fully saturated rings. The molecule has 0 amide bonds. The number of rotatable bonds is 14. The molecule has 1 unspecified atom stereocenters. The Morgan fingerprint density at radius 1 is 0.930 bits per heavy atom. The van der Waals surface area contributed by atoms with E-state index in [9.17, 15) is 4.79 Å². The van der Waals surface area contributed by atoms with E-state index < -0.39 is 5.60 Å². The van der Waals surface area contributed by atoms with Gasteiger partial charge in [0.2, 0.25) is 5.89 Å². The number of aryl methyl sites for hydroxylation is 2. The summed E-state index contributed by atoms with van der Waals surface area (Å²) in [5, 5.41) is 0. The molecular formula is C37H45NO5. The molecule has 0 aliphatic rings. The lowest BCUT2D eigenvalue weighted by Gasteiger charge is -2.24. The Morgan fingerprint density at radius 2 is 1.63 bits per heavy atom. The van der Waals surface area contributed by atoms with Crippen LogP contribution in [0.15, 0.2) is 83.3 Å². The van der Waals surface area contributed by atoms with E-state index in [0.29, 0.717) is 44.3 Å². The molecule has 6 heteroatoms. The number of esters is 1. The van der Waals surface area contributed by atoms with Gasteiger partial charge in [0.15, 0.2) is 0 Å². The lowest BCUT2D eigenvalue weighted by molar-refractivity contribution is -0.154. The van der Waals surface area contributed by atoms with E-state index >= 15 is 0 Å². The maximum atomic E-state index is 12.6. The van der Waals surface area contributed by atoms with Gasteiger partial charge in [0, 0.05) is 18.4 Å². The van der Waals surface area contributed by atoms with Crippen molar-refractivity contribution in [2.24, 2.45) is 5.92 Å². The fourth-order valence-electron chi connectivity index (χ4n) is 4.93. The molecular weight excluding hydrogens is 538 g/mol. The highest BCUT2D eigenvalue weighted by molar-refractivity contribution is 5.70. The van der Waals surface area contributed by atoms with Crippen LogP contribution in [0.2, 0.25) is 0 Å². The Morgan fingerprint density at radius 3 is 2.30 bits per heavy atom. The van der Waals surface area contributed by atoms with E-state index in [1.807, 2.05) is 82.3 Å². The van der Waals surface area contributed by atoms with Crippen LogP contribution in [-0.2, 0) is 33.7 Å². The van der Waals surface area contributed by atoms with Crippen molar-refractivity contribution in [3.8, 4) is 17.2 Å². The zero-order valence-electron chi connectivity index (χ0n) is 26.4. The number of benzene rings is 3. The first-order valence-corrected chi connectivity index (χ1v) is 15.2. The summed E-state index contributed by atoms with van der Waals surface area (Å²) in [6.45, 7) is 13.0. The first-order valence-electron chi connectivity index (χ1n) is 15.2. The summed E-state index contributed by atoms with van der Waals surface area (Å²) in [6, 6.07) is 26.2. The van der Waals surface area contributed by atoms with Crippen molar-refractivity contribution >= 4 is 5.97 Å². The maximum Gasteiger partial charge on any atom is 0.306 e. The van der Waals surface area contributed by atoms with E-state index in [0.717, 1.165) is 45.9 Å². The van der Waals surface area contributed by atoms with Crippen molar-refractivity contribution in [1.29, 1.82) is 0 Å². The normalized spacial score (nSPS) is 12.3. The molecule has 0 N–H and O–H groups in total. The van der Waals surface area contributed by atoms with E-state index in [1.165, 1.54) is 0 Å². The summed E-state index contributed by atoms with van der Waals surface area (Å²) < 4.78 is 24.3. The summed E-state index contributed by atoms with van der Waals surface area (Å²) in [5.41, 5.74) is 4.57. The number of oxazole rings is 1. The molecule has 43 heavy (non-hydrogen) atoms. The van der Waals surface area contributed by atoms with Crippen LogP contribution in [0.25, 0.3) is 11.5 Å². The van der Waals surface area contributed by atoms with Gasteiger partial charge in [-0.2, -0.15) is 0 Å². The zero-order valence-corrected chi connectivity index (χ0v) is 26.4. The lowest BCUT2D eigenvalue weighted by Crippen LogP contribution is -2.24. The van der Waals surface area contributed by atoms with Crippen molar-refractivity contribution in [2.45, 2.75) is 85.5 Å². The van der Waals surface area contributed by atoms with Gasteiger partial charge >= 0.3 is 5.97 Å². The minimum atomic E-state index is -0.513. The molecule has 1 heterocycles. The molecule has 4 aromatic rings. The molecule has 4 rings (SSSR count). The predicted molar refractivity (Wildman–Crippen MR) is 170 cm³/mol.